The van der Waals surface area contributed by atoms with Crippen molar-refractivity contribution in [2.45, 2.75) is 40.0 Å². The molecule has 2 aliphatic rings. The van der Waals surface area contributed by atoms with Crippen molar-refractivity contribution >= 4 is 4.31 Å². The molecule has 106 valence electrons. The van der Waals surface area contributed by atoms with Crippen LogP contribution in [-0.2, 0) is 20.0 Å². The molecule has 3 heteroatoms. The summed E-state index contributed by atoms with van der Waals surface area (Å²) in [5.74, 6) is 0.556. The standard InChI is InChI=1S/C7H9.C5H5.C4H8.2ClH.Ti/c1-6-3-4-7(2)5-6;1-2-4-5-3-1;1-3-4-2;;;/h3-4,6H,1-2H3;1-3H,4H2;1H,3-4H2,2H3;2*1H;/q2*-1;;;;+2/p-2. The molecular weight excluding hydrogens is 311 g/mol. The summed E-state index contributed by atoms with van der Waals surface area (Å²) in [6.45, 7) is 6.38. The van der Waals surface area contributed by atoms with Crippen LogP contribution in [0.1, 0.15) is 40.0 Å². The van der Waals surface area contributed by atoms with Gasteiger partial charge >= 0.3 is 44.1 Å². The average Bonchev–Trinajstić information content (AvgIpc) is 2.95. The van der Waals surface area contributed by atoms with Crippen LogP contribution >= 0.6 is 0 Å². The van der Waals surface area contributed by atoms with Crippen LogP contribution in [0.15, 0.2) is 36.0 Å². The van der Waals surface area contributed by atoms with Crippen molar-refractivity contribution in [2.75, 3.05) is 0 Å². The molecule has 0 aromatic rings. The number of rotatable bonds is 2. The van der Waals surface area contributed by atoms with Crippen LogP contribution in [0.4, 0.5) is 0 Å². The van der Waals surface area contributed by atoms with Crippen LogP contribution in [-0.4, -0.2) is 4.31 Å². The van der Waals surface area contributed by atoms with Gasteiger partial charge in [-0.3, -0.25) is 12.2 Å². The van der Waals surface area contributed by atoms with Gasteiger partial charge in [0.15, 0.2) is 0 Å². The zero-order valence-electron chi connectivity index (χ0n) is 11.9. The van der Waals surface area contributed by atoms with E-state index in [0.717, 1.165) is 6.42 Å². The van der Waals surface area contributed by atoms with Crippen LogP contribution in [0, 0.1) is 18.1 Å². The third-order valence-corrected chi connectivity index (χ3v) is 2.56. The number of hydrogen-bond acceptors (Lipinski definition) is 0. The van der Waals surface area contributed by atoms with E-state index in [-0.39, 0.29) is 24.8 Å². The summed E-state index contributed by atoms with van der Waals surface area (Å²) in [5, 5.41) is 0. The Balaban J connectivity index is -0.000000196. The molecule has 0 saturated carbocycles. The Labute approximate surface area is 142 Å². The Hall–Kier alpha value is 0.124. The molecule has 0 radical (unpaired) electrons. The molecule has 19 heavy (non-hydrogen) atoms. The molecule has 0 saturated heterocycles. The minimum atomic E-state index is 0. The Bertz CT molecular complexity index is 305. The normalized spacial score (nSPS) is 17.1. The molecule has 0 aromatic heterocycles. The summed E-state index contributed by atoms with van der Waals surface area (Å²) in [7, 11) is 0. The molecule has 0 aromatic carbocycles. The van der Waals surface area contributed by atoms with Crippen LogP contribution in [0.25, 0.3) is 0 Å². The molecule has 0 N–H and O–H groups in total. The zero-order valence-corrected chi connectivity index (χ0v) is 15.0. The van der Waals surface area contributed by atoms with E-state index in [1.807, 2.05) is 12.2 Å². The first-order valence-electron chi connectivity index (χ1n) is 6.19. The molecule has 0 aliphatic heterocycles. The molecule has 0 spiro atoms. The van der Waals surface area contributed by atoms with Gasteiger partial charge in [-0.1, -0.05) is 19.8 Å². The molecular formula is C16H22Cl2Ti-2. The first-order valence-corrected chi connectivity index (χ1v) is 7.09. The number of allylic oxidation sites excluding steroid dienone is 8. The third kappa shape index (κ3) is 18.1. The van der Waals surface area contributed by atoms with E-state index in [2.05, 4.69) is 75.4 Å². The molecule has 1 unspecified atom stereocenters. The van der Waals surface area contributed by atoms with E-state index in [1.54, 1.807) is 0 Å². The number of hydrogen-bond donors (Lipinski definition) is 0. The van der Waals surface area contributed by atoms with Gasteiger partial charge in [-0.15, -0.1) is 6.42 Å². The minimum Gasteiger partial charge on any atom is -1.00 e. The second-order valence-corrected chi connectivity index (χ2v) is 4.61. The predicted octanol–water partition coefficient (Wildman–Crippen LogP) is -1.61. The zero-order chi connectivity index (χ0) is 12.9. The third-order valence-electron chi connectivity index (χ3n) is 2.11. The fourth-order valence-corrected chi connectivity index (χ4v) is 1.68. The molecule has 0 nitrogen and oxygen atoms in total. The Kier molecular flexibility index (Phi) is 23.0. The summed E-state index contributed by atoms with van der Waals surface area (Å²) >= 11 is 2.09. The largest absolute Gasteiger partial charge is 1.00 e. The van der Waals surface area contributed by atoms with Crippen LogP contribution in [0.3, 0.4) is 0 Å². The number of unbranched alkanes of at least 4 members (excludes halogenated alkanes) is 1. The van der Waals surface area contributed by atoms with E-state index in [9.17, 15) is 0 Å². The maximum Gasteiger partial charge on any atom is -0.109 e. The molecule has 0 amide bonds. The van der Waals surface area contributed by atoms with Gasteiger partial charge < -0.3 is 24.8 Å². The quantitative estimate of drug-likeness (QED) is 0.422. The van der Waals surface area contributed by atoms with Gasteiger partial charge in [0.1, 0.15) is 0 Å². The maximum absolute atomic E-state index is 3.22. The van der Waals surface area contributed by atoms with Gasteiger partial charge in [0.25, 0.3) is 0 Å². The molecule has 0 heterocycles. The monoisotopic (exact) mass is 332 g/mol. The van der Waals surface area contributed by atoms with Crippen molar-refractivity contribution < 1.29 is 44.8 Å². The van der Waals surface area contributed by atoms with Crippen molar-refractivity contribution in [1.82, 2.24) is 0 Å². The van der Waals surface area contributed by atoms with E-state index >= 15 is 0 Å². The van der Waals surface area contributed by atoms with E-state index in [0.29, 0.717) is 5.92 Å². The van der Waals surface area contributed by atoms with Crippen LogP contribution in [0.5, 0.6) is 0 Å². The van der Waals surface area contributed by atoms with Crippen LogP contribution < -0.4 is 24.8 Å². The van der Waals surface area contributed by atoms with Crippen molar-refractivity contribution in [3.8, 4) is 0 Å². The Morgan fingerprint density at radius 3 is 2.21 bits per heavy atom. The summed E-state index contributed by atoms with van der Waals surface area (Å²) < 4.78 is 2.18. The summed E-state index contributed by atoms with van der Waals surface area (Å²) in [4.78, 5) is 0. The topological polar surface area (TPSA) is 0 Å². The molecule has 2 aliphatic carbocycles. The van der Waals surface area contributed by atoms with Crippen molar-refractivity contribution in [3.63, 3.8) is 0 Å². The predicted molar refractivity (Wildman–Crippen MR) is 73.3 cm³/mol. The summed E-state index contributed by atoms with van der Waals surface area (Å²) in [6.07, 6.45) is 20.0. The van der Waals surface area contributed by atoms with E-state index < -0.39 is 0 Å². The van der Waals surface area contributed by atoms with Gasteiger partial charge in [-0.2, -0.15) is 12.2 Å². The average molecular weight is 333 g/mol. The van der Waals surface area contributed by atoms with Crippen molar-refractivity contribution in [1.29, 1.82) is 0 Å². The fraction of sp³-hybridized carbons (Fsp3) is 0.438. The van der Waals surface area contributed by atoms with Gasteiger partial charge in [0.2, 0.25) is 0 Å². The fourth-order valence-electron chi connectivity index (χ4n) is 1.23. The van der Waals surface area contributed by atoms with Gasteiger partial charge in [-0.25, -0.2) is 23.8 Å². The van der Waals surface area contributed by atoms with Gasteiger partial charge in [0.05, 0.1) is 0 Å². The second kappa shape index (κ2) is 18.1. The van der Waals surface area contributed by atoms with Crippen LogP contribution in [0.2, 0.25) is 0 Å². The molecule has 2 rings (SSSR count). The SMILES string of the molecule is CC1=[C-]C(C)C=C1.CCC[CH]=[Ti+2].[C-]1=CC=CC1.[Cl-].[Cl-]. The van der Waals surface area contributed by atoms with Gasteiger partial charge in [-0.05, 0) is 0 Å². The molecule has 1 atom stereocenters. The summed E-state index contributed by atoms with van der Waals surface area (Å²) in [5.41, 5.74) is 1.27. The summed E-state index contributed by atoms with van der Waals surface area (Å²) in [6, 6.07) is 0. The molecule has 0 bridgehead atoms. The first-order chi connectivity index (χ1) is 8.20. The minimum absolute atomic E-state index is 0. The Morgan fingerprint density at radius 2 is 2.11 bits per heavy atom. The molecule has 0 fully saturated rings. The van der Waals surface area contributed by atoms with Crippen molar-refractivity contribution in [3.05, 3.63) is 48.1 Å². The smallest absolute Gasteiger partial charge is 0.109 e. The van der Waals surface area contributed by atoms with E-state index in [1.165, 1.54) is 18.4 Å². The second-order valence-electron chi connectivity index (χ2n) is 3.97. The van der Waals surface area contributed by atoms with Gasteiger partial charge in [0, 0.05) is 0 Å². The first kappa shape index (κ1) is 24.2. The Morgan fingerprint density at radius 1 is 1.42 bits per heavy atom. The van der Waals surface area contributed by atoms with E-state index in [4.69, 9.17) is 0 Å². The maximum atomic E-state index is 3.22. The van der Waals surface area contributed by atoms with Crippen molar-refractivity contribution in [2.24, 2.45) is 5.92 Å². The number of halogens is 2.